The fourth-order valence-corrected chi connectivity index (χ4v) is 3.64. The molecule has 148 valence electrons. The molecule has 1 aliphatic carbocycles. The van der Waals surface area contributed by atoms with E-state index < -0.39 is 0 Å². The van der Waals surface area contributed by atoms with E-state index in [9.17, 15) is 9.59 Å². The largest absolute Gasteiger partial charge is 0.348 e. The maximum Gasteiger partial charge on any atom is 0.278 e. The van der Waals surface area contributed by atoms with Gasteiger partial charge in [-0.1, -0.05) is 29.8 Å². The van der Waals surface area contributed by atoms with Crippen LogP contribution in [-0.4, -0.2) is 68.6 Å². The van der Waals surface area contributed by atoms with Gasteiger partial charge >= 0.3 is 0 Å². The molecule has 1 heterocycles. The Bertz CT molecular complexity index is 666. The van der Waals surface area contributed by atoms with Gasteiger partial charge in [-0.15, -0.1) is 0 Å². The SMILES string of the molecule is Cc1cccc(C[NH+]2CCN(C(=O)C[NH+](C)[C@@H](C)C(=O)NC3CC3)CC2)c1. The van der Waals surface area contributed by atoms with E-state index in [0.717, 1.165) is 50.5 Å². The Hall–Kier alpha value is -1.92. The van der Waals surface area contributed by atoms with Crippen molar-refractivity contribution in [3.05, 3.63) is 35.4 Å². The van der Waals surface area contributed by atoms with Crippen molar-refractivity contribution in [1.29, 1.82) is 0 Å². The fraction of sp³-hybridized carbons (Fsp3) is 0.619. The summed E-state index contributed by atoms with van der Waals surface area (Å²) in [5.41, 5.74) is 2.66. The zero-order valence-electron chi connectivity index (χ0n) is 16.9. The van der Waals surface area contributed by atoms with Gasteiger partial charge in [0.15, 0.2) is 12.6 Å². The van der Waals surface area contributed by atoms with Gasteiger partial charge in [-0.05, 0) is 26.7 Å². The van der Waals surface area contributed by atoms with E-state index in [-0.39, 0.29) is 17.9 Å². The van der Waals surface area contributed by atoms with Crippen LogP contribution >= 0.6 is 0 Å². The van der Waals surface area contributed by atoms with E-state index in [4.69, 9.17) is 0 Å². The number of aryl methyl sites for hydroxylation is 1. The summed E-state index contributed by atoms with van der Waals surface area (Å²) in [6, 6.07) is 8.85. The summed E-state index contributed by atoms with van der Waals surface area (Å²) in [7, 11) is 1.94. The first-order valence-electron chi connectivity index (χ1n) is 10.2. The van der Waals surface area contributed by atoms with Gasteiger partial charge in [0, 0.05) is 11.6 Å². The first kappa shape index (κ1) is 19.8. The van der Waals surface area contributed by atoms with Crippen LogP contribution in [0.5, 0.6) is 0 Å². The molecule has 2 atom stereocenters. The van der Waals surface area contributed by atoms with E-state index in [0.29, 0.717) is 12.6 Å². The molecule has 2 amide bonds. The van der Waals surface area contributed by atoms with E-state index in [1.165, 1.54) is 16.0 Å². The highest BCUT2D eigenvalue weighted by Crippen LogP contribution is 2.18. The summed E-state index contributed by atoms with van der Waals surface area (Å²) < 4.78 is 0. The summed E-state index contributed by atoms with van der Waals surface area (Å²) in [5, 5.41) is 3.03. The monoisotopic (exact) mass is 374 g/mol. The number of carbonyl (C=O) groups excluding carboxylic acids is 2. The summed E-state index contributed by atoms with van der Waals surface area (Å²) in [6.45, 7) is 9.00. The quantitative estimate of drug-likeness (QED) is 0.539. The number of nitrogens with zero attached hydrogens (tertiary/aromatic N) is 1. The van der Waals surface area contributed by atoms with Crippen LogP contribution in [0.15, 0.2) is 24.3 Å². The number of amides is 2. The van der Waals surface area contributed by atoms with Crippen LogP contribution in [0.2, 0.25) is 0 Å². The highest BCUT2D eigenvalue weighted by atomic mass is 16.2. The second kappa shape index (κ2) is 8.85. The number of quaternary nitrogens is 2. The van der Waals surface area contributed by atoms with Crippen molar-refractivity contribution in [2.45, 2.75) is 45.3 Å². The van der Waals surface area contributed by atoms with Gasteiger partial charge in [-0.3, -0.25) is 9.59 Å². The molecule has 0 spiro atoms. The molecule has 1 aliphatic heterocycles. The number of likely N-dealkylation sites (N-methyl/N-ethyl adjacent to an activating group) is 1. The van der Waals surface area contributed by atoms with Crippen molar-refractivity contribution in [3.63, 3.8) is 0 Å². The molecule has 3 rings (SSSR count). The number of piperazine rings is 1. The lowest BCUT2D eigenvalue weighted by Gasteiger charge is -2.33. The van der Waals surface area contributed by atoms with Crippen LogP contribution in [0.3, 0.4) is 0 Å². The minimum absolute atomic E-state index is 0.0650. The third kappa shape index (κ3) is 5.78. The molecule has 1 aromatic carbocycles. The minimum Gasteiger partial charge on any atom is -0.348 e. The summed E-state index contributed by atoms with van der Waals surface area (Å²) >= 11 is 0. The minimum atomic E-state index is -0.192. The average Bonchev–Trinajstić information content (AvgIpc) is 3.45. The highest BCUT2D eigenvalue weighted by molar-refractivity contribution is 5.81. The third-order valence-electron chi connectivity index (χ3n) is 5.85. The Kier molecular flexibility index (Phi) is 6.50. The van der Waals surface area contributed by atoms with E-state index >= 15 is 0 Å². The summed E-state index contributed by atoms with van der Waals surface area (Å²) in [5.74, 6) is 0.225. The lowest BCUT2D eigenvalue weighted by atomic mass is 10.1. The van der Waals surface area contributed by atoms with Crippen molar-refractivity contribution in [1.82, 2.24) is 10.2 Å². The van der Waals surface area contributed by atoms with Gasteiger partial charge in [0.2, 0.25) is 0 Å². The molecule has 27 heavy (non-hydrogen) atoms. The van der Waals surface area contributed by atoms with E-state index in [1.807, 2.05) is 18.9 Å². The van der Waals surface area contributed by atoms with E-state index in [1.54, 1.807) is 0 Å². The summed E-state index contributed by atoms with van der Waals surface area (Å²) in [6.07, 6.45) is 2.18. The Labute approximate surface area is 162 Å². The number of rotatable bonds is 7. The smallest absolute Gasteiger partial charge is 0.278 e. The molecule has 1 saturated carbocycles. The van der Waals surface area contributed by atoms with E-state index in [2.05, 4.69) is 36.5 Å². The van der Waals surface area contributed by atoms with Gasteiger partial charge in [0.25, 0.3) is 11.8 Å². The second-order valence-electron chi connectivity index (χ2n) is 8.32. The molecule has 0 radical (unpaired) electrons. The first-order chi connectivity index (χ1) is 12.9. The van der Waals surface area contributed by atoms with Crippen molar-refractivity contribution in [3.8, 4) is 0 Å². The van der Waals surface area contributed by atoms with Crippen molar-refractivity contribution >= 4 is 11.8 Å². The number of carbonyl (C=O) groups is 2. The maximum atomic E-state index is 12.6. The van der Waals surface area contributed by atoms with Gasteiger partial charge in [0.05, 0.1) is 33.2 Å². The number of hydrogen-bond donors (Lipinski definition) is 3. The molecule has 3 N–H and O–H groups in total. The molecule has 6 nitrogen and oxygen atoms in total. The molecule has 0 bridgehead atoms. The highest BCUT2D eigenvalue weighted by Gasteiger charge is 2.31. The number of hydrogen-bond acceptors (Lipinski definition) is 2. The van der Waals surface area contributed by atoms with Crippen LogP contribution in [0.25, 0.3) is 0 Å². The molecule has 1 saturated heterocycles. The average molecular weight is 375 g/mol. The van der Waals surface area contributed by atoms with Crippen LogP contribution < -0.4 is 15.1 Å². The third-order valence-corrected chi connectivity index (χ3v) is 5.85. The molecular formula is C21H34N4O2+2. The van der Waals surface area contributed by atoms with Crippen molar-refractivity contribution in [2.75, 3.05) is 39.8 Å². The molecule has 0 aromatic heterocycles. The normalized spacial score (nSPS) is 20.2. The predicted octanol–water partition coefficient (Wildman–Crippen LogP) is -1.60. The number of nitrogens with one attached hydrogen (secondary N) is 3. The topological polar surface area (TPSA) is 58.3 Å². The molecule has 1 unspecified atom stereocenters. The van der Waals surface area contributed by atoms with Crippen LogP contribution in [0, 0.1) is 6.92 Å². The van der Waals surface area contributed by atoms with Gasteiger partial charge < -0.3 is 20.0 Å². The van der Waals surface area contributed by atoms with Crippen LogP contribution in [0.4, 0.5) is 0 Å². The van der Waals surface area contributed by atoms with Crippen LogP contribution in [-0.2, 0) is 16.1 Å². The Balaban J connectivity index is 1.41. The fourth-order valence-electron chi connectivity index (χ4n) is 3.64. The van der Waals surface area contributed by atoms with Crippen molar-refractivity contribution < 1.29 is 19.4 Å². The van der Waals surface area contributed by atoms with Crippen LogP contribution in [0.1, 0.15) is 30.9 Å². The summed E-state index contributed by atoms with van der Waals surface area (Å²) in [4.78, 5) is 29.3. The van der Waals surface area contributed by atoms with Crippen molar-refractivity contribution in [2.24, 2.45) is 0 Å². The first-order valence-corrected chi connectivity index (χ1v) is 10.2. The lowest BCUT2D eigenvalue weighted by Crippen LogP contribution is -3.16. The molecular weight excluding hydrogens is 340 g/mol. The Morgan fingerprint density at radius 2 is 2.00 bits per heavy atom. The molecule has 2 fully saturated rings. The molecule has 1 aromatic rings. The Morgan fingerprint density at radius 1 is 1.30 bits per heavy atom. The van der Waals surface area contributed by atoms with Gasteiger partial charge in [-0.25, -0.2) is 0 Å². The molecule has 2 aliphatic rings. The standard InChI is InChI=1S/C21H32N4O2/c1-16-5-4-6-18(13-16)14-24-9-11-25(12-10-24)20(26)15-23(3)17(2)21(27)22-19-7-8-19/h4-6,13,17,19H,7-12,14-15H2,1-3H3,(H,22,27)/p+2/t17-/m0/s1. The predicted molar refractivity (Wildman–Crippen MR) is 105 cm³/mol. The maximum absolute atomic E-state index is 12.6. The zero-order valence-corrected chi connectivity index (χ0v) is 16.9. The second-order valence-corrected chi connectivity index (χ2v) is 8.32. The Morgan fingerprint density at radius 3 is 2.63 bits per heavy atom. The number of benzene rings is 1. The van der Waals surface area contributed by atoms with Gasteiger partial charge in [0.1, 0.15) is 6.54 Å². The molecule has 6 heteroatoms. The zero-order chi connectivity index (χ0) is 19.4. The van der Waals surface area contributed by atoms with Gasteiger partial charge in [-0.2, -0.15) is 0 Å². The lowest BCUT2D eigenvalue weighted by molar-refractivity contribution is -0.918.